The number of nitrogens with two attached hydrogens (primary N) is 1. The summed E-state index contributed by atoms with van der Waals surface area (Å²) >= 11 is 1.63. The van der Waals surface area contributed by atoms with Gasteiger partial charge in [0.15, 0.2) is 0 Å². The van der Waals surface area contributed by atoms with Gasteiger partial charge >= 0.3 is 0 Å². The Morgan fingerprint density at radius 2 is 2.20 bits per heavy atom. The van der Waals surface area contributed by atoms with Crippen molar-refractivity contribution in [3.05, 3.63) is 46.2 Å². The zero-order valence-electron chi connectivity index (χ0n) is 11.6. The largest absolute Gasteiger partial charge is 0.496 e. The number of ether oxygens (including phenoxy) is 1. The molecular weight excluding hydrogens is 272 g/mol. The molecular formula is C15H18N2O2S. The average molecular weight is 290 g/mol. The third-order valence-corrected chi connectivity index (χ3v) is 4.09. The Labute approximate surface area is 122 Å². The maximum absolute atomic E-state index is 12.4. The number of anilines is 1. The van der Waals surface area contributed by atoms with Gasteiger partial charge in [-0.05, 0) is 30.0 Å². The molecule has 0 saturated carbocycles. The Balaban J connectivity index is 2.24. The zero-order valence-corrected chi connectivity index (χ0v) is 12.4. The summed E-state index contributed by atoms with van der Waals surface area (Å²) < 4.78 is 5.21. The van der Waals surface area contributed by atoms with E-state index in [1.165, 1.54) is 7.11 Å². The van der Waals surface area contributed by atoms with Crippen molar-refractivity contribution in [3.63, 3.8) is 0 Å². The number of hydrogen-bond donors (Lipinski definition) is 2. The second kappa shape index (κ2) is 6.43. The lowest BCUT2D eigenvalue weighted by molar-refractivity contribution is 0.0934. The maximum Gasteiger partial charge on any atom is 0.257 e. The molecule has 0 saturated heterocycles. The van der Waals surface area contributed by atoms with Gasteiger partial charge < -0.3 is 15.8 Å². The van der Waals surface area contributed by atoms with E-state index >= 15 is 0 Å². The molecule has 0 aliphatic rings. The number of nitrogens with one attached hydrogen (secondary N) is 1. The molecule has 1 aromatic carbocycles. The monoisotopic (exact) mass is 290 g/mol. The zero-order chi connectivity index (χ0) is 14.5. The number of amides is 1. The molecule has 0 spiro atoms. The fraction of sp³-hybridized carbons (Fsp3) is 0.267. The fourth-order valence-corrected chi connectivity index (χ4v) is 2.92. The van der Waals surface area contributed by atoms with Gasteiger partial charge in [0.25, 0.3) is 5.91 Å². The minimum absolute atomic E-state index is 0.00758. The van der Waals surface area contributed by atoms with Gasteiger partial charge in [-0.2, -0.15) is 0 Å². The predicted molar refractivity (Wildman–Crippen MR) is 82.2 cm³/mol. The van der Waals surface area contributed by atoms with Gasteiger partial charge in [0.1, 0.15) is 11.3 Å². The molecule has 4 nitrogen and oxygen atoms in total. The molecule has 0 radical (unpaired) electrons. The molecule has 1 amide bonds. The number of carbonyl (C=O) groups excluding carboxylic acids is 1. The van der Waals surface area contributed by atoms with E-state index in [-0.39, 0.29) is 11.9 Å². The van der Waals surface area contributed by atoms with Gasteiger partial charge in [-0.25, -0.2) is 0 Å². The number of thiophene rings is 1. The maximum atomic E-state index is 12.4. The van der Waals surface area contributed by atoms with E-state index < -0.39 is 0 Å². The lowest BCUT2D eigenvalue weighted by Crippen LogP contribution is -2.28. The topological polar surface area (TPSA) is 64.4 Å². The SMILES string of the molecule is CCC(NC(=O)c1c(N)cccc1OC)c1cccs1. The molecule has 1 aromatic heterocycles. The Bertz CT molecular complexity index is 582. The molecule has 0 bridgehead atoms. The molecule has 0 aliphatic carbocycles. The molecule has 3 N–H and O–H groups in total. The smallest absolute Gasteiger partial charge is 0.257 e. The van der Waals surface area contributed by atoms with E-state index in [1.54, 1.807) is 29.5 Å². The third kappa shape index (κ3) is 2.93. The molecule has 106 valence electrons. The van der Waals surface area contributed by atoms with Crippen molar-refractivity contribution in [3.8, 4) is 5.75 Å². The fourth-order valence-electron chi connectivity index (χ4n) is 2.06. The lowest BCUT2D eigenvalue weighted by Gasteiger charge is -2.17. The first-order valence-corrected chi connectivity index (χ1v) is 7.32. The highest BCUT2D eigenvalue weighted by atomic mass is 32.1. The first kappa shape index (κ1) is 14.4. The molecule has 1 heterocycles. The van der Waals surface area contributed by atoms with E-state index in [9.17, 15) is 4.79 Å². The highest BCUT2D eigenvalue weighted by molar-refractivity contribution is 7.10. The number of hydrogen-bond acceptors (Lipinski definition) is 4. The van der Waals surface area contributed by atoms with E-state index in [2.05, 4.69) is 5.32 Å². The Morgan fingerprint density at radius 3 is 2.80 bits per heavy atom. The second-order valence-electron chi connectivity index (χ2n) is 4.37. The van der Waals surface area contributed by atoms with Crippen LogP contribution in [0.5, 0.6) is 5.75 Å². The van der Waals surface area contributed by atoms with Crippen LogP contribution in [0.25, 0.3) is 0 Å². The number of benzene rings is 1. The van der Waals surface area contributed by atoms with E-state index in [4.69, 9.17) is 10.5 Å². The summed E-state index contributed by atoms with van der Waals surface area (Å²) in [6.45, 7) is 2.04. The summed E-state index contributed by atoms with van der Waals surface area (Å²) in [5, 5.41) is 5.01. The van der Waals surface area contributed by atoms with Crippen LogP contribution in [0.2, 0.25) is 0 Å². The average Bonchev–Trinajstić information content (AvgIpc) is 2.98. The Hall–Kier alpha value is -2.01. The number of nitrogen functional groups attached to an aromatic ring is 1. The van der Waals surface area contributed by atoms with Gasteiger partial charge in [-0.15, -0.1) is 11.3 Å². The van der Waals surface area contributed by atoms with Crippen LogP contribution in [0.3, 0.4) is 0 Å². The van der Waals surface area contributed by atoms with E-state index in [0.29, 0.717) is 17.0 Å². The van der Waals surface area contributed by atoms with Crippen molar-refractivity contribution < 1.29 is 9.53 Å². The van der Waals surface area contributed by atoms with Crippen LogP contribution in [-0.2, 0) is 0 Å². The first-order chi connectivity index (χ1) is 9.67. The van der Waals surface area contributed by atoms with Crippen LogP contribution >= 0.6 is 11.3 Å². The minimum atomic E-state index is -0.208. The van der Waals surface area contributed by atoms with E-state index in [0.717, 1.165) is 11.3 Å². The summed E-state index contributed by atoms with van der Waals surface area (Å²) in [6, 6.07) is 9.19. The number of rotatable bonds is 5. The van der Waals surface area contributed by atoms with Crippen LogP contribution in [0, 0.1) is 0 Å². The van der Waals surface area contributed by atoms with Crippen molar-refractivity contribution in [1.82, 2.24) is 5.32 Å². The lowest BCUT2D eigenvalue weighted by atomic mass is 10.1. The molecule has 2 rings (SSSR count). The summed E-state index contributed by atoms with van der Waals surface area (Å²) in [4.78, 5) is 13.6. The van der Waals surface area contributed by atoms with Crippen LogP contribution in [0.15, 0.2) is 35.7 Å². The van der Waals surface area contributed by atoms with Gasteiger partial charge in [0, 0.05) is 10.6 Å². The third-order valence-electron chi connectivity index (χ3n) is 3.11. The van der Waals surface area contributed by atoms with Crippen molar-refractivity contribution in [2.45, 2.75) is 19.4 Å². The van der Waals surface area contributed by atoms with Crippen molar-refractivity contribution in [2.24, 2.45) is 0 Å². The summed E-state index contributed by atoms with van der Waals surface area (Å²) in [7, 11) is 1.53. The molecule has 1 atom stereocenters. The van der Waals surface area contributed by atoms with Crippen molar-refractivity contribution >= 4 is 22.9 Å². The van der Waals surface area contributed by atoms with Gasteiger partial charge in [-0.1, -0.05) is 19.1 Å². The number of methoxy groups -OCH3 is 1. The van der Waals surface area contributed by atoms with E-state index in [1.807, 2.05) is 24.4 Å². The van der Waals surface area contributed by atoms with Crippen LogP contribution in [0.1, 0.15) is 34.6 Å². The van der Waals surface area contributed by atoms with Crippen LogP contribution in [-0.4, -0.2) is 13.0 Å². The van der Waals surface area contributed by atoms with Gasteiger partial charge in [0.05, 0.1) is 13.2 Å². The molecule has 5 heteroatoms. The summed E-state index contributed by atoms with van der Waals surface area (Å²) in [5.41, 5.74) is 6.71. The summed E-state index contributed by atoms with van der Waals surface area (Å²) in [5.74, 6) is 0.281. The highest BCUT2D eigenvalue weighted by Crippen LogP contribution is 2.27. The molecule has 0 aliphatic heterocycles. The summed E-state index contributed by atoms with van der Waals surface area (Å²) in [6.07, 6.45) is 0.821. The normalized spacial score (nSPS) is 11.9. The van der Waals surface area contributed by atoms with Crippen molar-refractivity contribution in [2.75, 3.05) is 12.8 Å². The predicted octanol–water partition coefficient (Wildman–Crippen LogP) is 3.22. The molecule has 1 unspecified atom stereocenters. The Kier molecular flexibility index (Phi) is 4.63. The second-order valence-corrected chi connectivity index (χ2v) is 5.35. The van der Waals surface area contributed by atoms with Crippen LogP contribution < -0.4 is 15.8 Å². The first-order valence-electron chi connectivity index (χ1n) is 6.44. The van der Waals surface area contributed by atoms with Gasteiger partial charge in [0.2, 0.25) is 0 Å². The van der Waals surface area contributed by atoms with Gasteiger partial charge in [-0.3, -0.25) is 4.79 Å². The quantitative estimate of drug-likeness (QED) is 0.831. The highest BCUT2D eigenvalue weighted by Gasteiger charge is 2.20. The molecule has 20 heavy (non-hydrogen) atoms. The molecule has 2 aromatic rings. The van der Waals surface area contributed by atoms with Crippen LogP contribution in [0.4, 0.5) is 5.69 Å². The standard InChI is InChI=1S/C15H18N2O2S/c1-3-11(13-8-5-9-20-13)17-15(18)14-10(16)6-4-7-12(14)19-2/h4-9,11H,3,16H2,1-2H3,(H,17,18). The number of carbonyl (C=O) groups is 1. The Morgan fingerprint density at radius 1 is 1.40 bits per heavy atom. The van der Waals surface area contributed by atoms with Crippen molar-refractivity contribution in [1.29, 1.82) is 0 Å². The minimum Gasteiger partial charge on any atom is -0.496 e. The molecule has 0 fully saturated rings.